The molecule has 1 aliphatic rings. The van der Waals surface area contributed by atoms with E-state index in [1.54, 1.807) is 28.5 Å². The smallest absolute Gasteiger partial charge is 0.262 e. The van der Waals surface area contributed by atoms with E-state index in [0.717, 1.165) is 5.16 Å². The lowest BCUT2D eigenvalue weighted by Crippen LogP contribution is -2.21. The largest absolute Gasteiger partial charge is 0.286 e. The normalized spacial score (nSPS) is 18.6. The maximum Gasteiger partial charge on any atom is 0.262 e. The van der Waals surface area contributed by atoms with Gasteiger partial charge >= 0.3 is 0 Å². The van der Waals surface area contributed by atoms with Gasteiger partial charge in [-0.1, -0.05) is 41.9 Å². The summed E-state index contributed by atoms with van der Waals surface area (Å²) in [5.74, 6) is 0. The van der Waals surface area contributed by atoms with Crippen LogP contribution in [0.25, 0.3) is 10.9 Å². The molecule has 17 heavy (non-hydrogen) atoms. The summed E-state index contributed by atoms with van der Waals surface area (Å²) in [6, 6.07) is 3.23. The van der Waals surface area contributed by atoms with Crippen molar-refractivity contribution >= 4 is 45.9 Å². The zero-order valence-corrected chi connectivity index (χ0v) is 11.2. The average Bonchev–Trinajstić information content (AvgIpc) is 2.62. The number of thioether (sulfide) groups is 1. The van der Waals surface area contributed by atoms with Gasteiger partial charge in [0.1, 0.15) is 0 Å². The Morgan fingerprint density at radius 1 is 1.47 bits per heavy atom. The first-order chi connectivity index (χ1) is 8.06. The molecule has 1 atom stereocenters. The lowest BCUT2D eigenvalue weighted by Gasteiger charge is -2.05. The number of rotatable bonds is 0. The highest BCUT2D eigenvalue weighted by molar-refractivity contribution is 7.99. The predicted octanol–water partition coefficient (Wildman–Crippen LogP) is 3.20. The van der Waals surface area contributed by atoms with Crippen molar-refractivity contribution < 1.29 is 0 Å². The van der Waals surface area contributed by atoms with Gasteiger partial charge in [-0.25, -0.2) is 4.98 Å². The van der Waals surface area contributed by atoms with Gasteiger partial charge in [-0.15, -0.1) is 0 Å². The molecule has 2 heterocycles. The first-order valence-corrected chi connectivity index (χ1v) is 6.76. The van der Waals surface area contributed by atoms with Crippen molar-refractivity contribution in [3.05, 3.63) is 32.5 Å². The number of aromatic nitrogens is 2. The molecule has 0 fully saturated rings. The van der Waals surface area contributed by atoms with Crippen molar-refractivity contribution in [3.8, 4) is 0 Å². The number of fused-ring (bicyclic) bond motifs is 2. The molecule has 88 valence electrons. The Morgan fingerprint density at radius 2 is 2.24 bits per heavy atom. The summed E-state index contributed by atoms with van der Waals surface area (Å²) >= 11 is 13.6. The number of benzene rings is 1. The third-order valence-electron chi connectivity index (χ3n) is 2.69. The Morgan fingerprint density at radius 3 is 3.00 bits per heavy atom. The molecule has 0 saturated heterocycles. The molecule has 2 aromatic rings. The summed E-state index contributed by atoms with van der Waals surface area (Å²) in [6.45, 7) is 2.75. The van der Waals surface area contributed by atoms with Crippen LogP contribution >= 0.6 is 35.0 Å². The standard InChI is InChI=1S/C11H8Cl2N2OS/c1-5-4-15-10(16)7-2-6(12)3-8(13)9(7)14-11(15)17-5/h2-3,5H,4H2,1H3/t5-/m1/s1. The molecule has 0 saturated carbocycles. The Bertz CT molecular complexity index is 683. The van der Waals surface area contributed by atoms with E-state index >= 15 is 0 Å². The summed E-state index contributed by atoms with van der Waals surface area (Å²) in [4.78, 5) is 16.7. The summed E-state index contributed by atoms with van der Waals surface area (Å²) in [5, 5.41) is 2.47. The number of hydrogen-bond acceptors (Lipinski definition) is 3. The second-order valence-electron chi connectivity index (χ2n) is 4.02. The zero-order chi connectivity index (χ0) is 12.2. The van der Waals surface area contributed by atoms with Crippen LogP contribution in [0.15, 0.2) is 22.1 Å². The zero-order valence-electron chi connectivity index (χ0n) is 8.91. The quantitative estimate of drug-likeness (QED) is 0.698. The van der Waals surface area contributed by atoms with Gasteiger partial charge in [0.15, 0.2) is 5.16 Å². The second kappa shape index (κ2) is 3.90. The molecule has 1 aromatic heterocycles. The average molecular weight is 287 g/mol. The molecule has 0 unspecified atom stereocenters. The molecule has 3 rings (SSSR count). The fourth-order valence-electron chi connectivity index (χ4n) is 1.96. The molecule has 1 aromatic carbocycles. The molecule has 3 nitrogen and oxygen atoms in total. The van der Waals surface area contributed by atoms with Crippen LogP contribution in [-0.2, 0) is 6.54 Å². The van der Waals surface area contributed by atoms with Crippen LogP contribution in [0.4, 0.5) is 0 Å². The lowest BCUT2D eigenvalue weighted by atomic mass is 10.2. The van der Waals surface area contributed by atoms with E-state index in [1.165, 1.54) is 0 Å². The van der Waals surface area contributed by atoms with Crippen LogP contribution in [0.1, 0.15) is 6.92 Å². The van der Waals surface area contributed by atoms with E-state index in [4.69, 9.17) is 23.2 Å². The highest BCUT2D eigenvalue weighted by Crippen LogP contribution is 2.32. The number of hydrogen-bond donors (Lipinski definition) is 0. The van der Waals surface area contributed by atoms with Crippen molar-refractivity contribution in [1.29, 1.82) is 0 Å². The molecule has 1 aliphatic heterocycles. The van der Waals surface area contributed by atoms with Gasteiger partial charge in [0.2, 0.25) is 0 Å². The van der Waals surface area contributed by atoms with Gasteiger partial charge in [-0.05, 0) is 12.1 Å². The van der Waals surface area contributed by atoms with E-state index in [9.17, 15) is 4.79 Å². The van der Waals surface area contributed by atoms with Crippen molar-refractivity contribution in [1.82, 2.24) is 9.55 Å². The number of nitrogens with zero attached hydrogens (tertiary/aromatic N) is 2. The Labute approximate surface area is 112 Å². The third kappa shape index (κ3) is 1.75. The minimum atomic E-state index is -0.0637. The van der Waals surface area contributed by atoms with Crippen LogP contribution in [0.3, 0.4) is 0 Å². The molecular formula is C11H8Cl2N2OS. The lowest BCUT2D eigenvalue weighted by molar-refractivity contribution is 0.629. The Balaban J connectivity index is 2.43. The predicted molar refractivity (Wildman–Crippen MR) is 71.3 cm³/mol. The van der Waals surface area contributed by atoms with Crippen molar-refractivity contribution in [2.75, 3.05) is 0 Å². The number of halogens is 2. The topological polar surface area (TPSA) is 34.9 Å². The first kappa shape index (κ1) is 11.4. The third-order valence-corrected chi connectivity index (χ3v) is 4.27. The van der Waals surface area contributed by atoms with Gasteiger partial charge in [0, 0.05) is 16.8 Å². The van der Waals surface area contributed by atoms with Crippen molar-refractivity contribution in [2.24, 2.45) is 0 Å². The first-order valence-electron chi connectivity index (χ1n) is 5.12. The van der Waals surface area contributed by atoms with Gasteiger partial charge in [0.25, 0.3) is 5.56 Å². The summed E-state index contributed by atoms with van der Waals surface area (Å²) in [7, 11) is 0. The fraction of sp³-hybridized carbons (Fsp3) is 0.273. The van der Waals surface area contributed by atoms with Crippen molar-refractivity contribution in [3.63, 3.8) is 0 Å². The summed E-state index contributed by atoms with van der Waals surface area (Å²) in [5.41, 5.74) is 0.472. The van der Waals surface area contributed by atoms with Crippen LogP contribution in [0.2, 0.25) is 10.0 Å². The Hall–Kier alpha value is -0.710. The SMILES string of the molecule is C[C@@H]1Cn2c(nc3c(Cl)cc(Cl)cc3c2=O)S1. The van der Waals surface area contributed by atoms with Crippen molar-refractivity contribution in [2.45, 2.75) is 23.9 Å². The monoisotopic (exact) mass is 286 g/mol. The second-order valence-corrected chi connectivity index (χ2v) is 6.27. The highest BCUT2D eigenvalue weighted by Gasteiger charge is 2.23. The maximum atomic E-state index is 12.3. The van der Waals surface area contributed by atoms with E-state index < -0.39 is 0 Å². The highest BCUT2D eigenvalue weighted by atomic mass is 35.5. The van der Waals surface area contributed by atoms with Gasteiger partial charge in [-0.2, -0.15) is 0 Å². The molecule has 6 heteroatoms. The fourth-order valence-corrected chi connectivity index (χ4v) is 3.50. The molecule has 0 N–H and O–H groups in total. The maximum absolute atomic E-state index is 12.3. The minimum Gasteiger partial charge on any atom is -0.286 e. The molecule has 0 bridgehead atoms. The van der Waals surface area contributed by atoms with Gasteiger partial charge in [0.05, 0.1) is 15.9 Å². The van der Waals surface area contributed by atoms with Gasteiger partial charge in [-0.3, -0.25) is 9.36 Å². The molecule has 0 amide bonds. The van der Waals surface area contributed by atoms with Crippen LogP contribution in [0.5, 0.6) is 0 Å². The minimum absolute atomic E-state index is 0.0637. The van der Waals surface area contributed by atoms with Crippen LogP contribution in [0, 0.1) is 0 Å². The molecule has 0 radical (unpaired) electrons. The summed E-state index contributed by atoms with van der Waals surface area (Å²) < 4.78 is 1.68. The van der Waals surface area contributed by atoms with E-state index in [-0.39, 0.29) is 5.56 Å². The molecule has 0 aliphatic carbocycles. The Kier molecular flexibility index (Phi) is 2.61. The van der Waals surface area contributed by atoms with E-state index in [2.05, 4.69) is 11.9 Å². The van der Waals surface area contributed by atoms with Crippen LogP contribution in [-0.4, -0.2) is 14.8 Å². The molecule has 0 spiro atoms. The van der Waals surface area contributed by atoms with Crippen LogP contribution < -0.4 is 5.56 Å². The molecular weight excluding hydrogens is 279 g/mol. The van der Waals surface area contributed by atoms with E-state index in [0.29, 0.717) is 32.7 Å². The van der Waals surface area contributed by atoms with E-state index in [1.807, 2.05) is 0 Å². The van der Waals surface area contributed by atoms with Gasteiger partial charge < -0.3 is 0 Å². The summed E-state index contributed by atoms with van der Waals surface area (Å²) in [6.07, 6.45) is 0.